The van der Waals surface area contributed by atoms with E-state index in [4.69, 9.17) is 4.52 Å². The third-order valence-corrected chi connectivity index (χ3v) is 6.16. The van der Waals surface area contributed by atoms with Crippen molar-refractivity contribution >= 4 is 15.7 Å². The van der Waals surface area contributed by atoms with E-state index in [-0.39, 0.29) is 16.5 Å². The SMILES string of the molecule is CCc1noc(-c2c(S(=O)(=O)Nc3cc(F)ccc3C)c(C)n(C)c2C)n1. The van der Waals surface area contributed by atoms with E-state index in [9.17, 15) is 12.8 Å². The lowest BCUT2D eigenvalue weighted by Gasteiger charge is -2.11. The lowest BCUT2D eigenvalue weighted by atomic mass is 10.2. The molecule has 2 aromatic heterocycles. The number of benzene rings is 1. The molecule has 0 bridgehead atoms. The van der Waals surface area contributed by atoms with Gasteiger partial charge in [0.05, 0.1) is 11.3 Å². The molecule has 0 fully saturated rings. The van der Waals surface area contributed by atoms with Crippen LogP contribution in [0.5, 0.6) is 0 Å². The summed E-state index contributed by atoms with van der Waals surface area (Å²) in [6.07, 6.45) is 0.567. The first-order valence-electron chi connectivity index (χ1n) is 8.43. The molecule has 1 N–H and O–H groups in total. The highest BCUT2D eigenvalue weighted by atomic mass is 32.2. The van der Waals surface area contributed by atoms with E-state index in [0.717, 1.165) is 6.07 Å². The highest BCUT2D eigenvalue weighted by Gasteiger charge is 2.31. The molecule has 1 aromatic carbocycles. The zero-order valence-electron chi connectivity index (χ0n) is 15.8. The van der Waals surface area contributed by atoms with E-state index in [2.05, 4.69) is 14.9 Å². The number of aromatic nitrogens is 3. The quantitative estimate of drug-likeness (QED) is 0.718. The normalized spacial score (nSPS) is 11.8. The Kier molecular flexibility index (Phi) is 4.81. The van der Waals surface area contributed by atoms with E-state index in [1.807, 2.05) is 6.92 Å². The lowest BCUT2D eigenvalue weighted by molar-refractivity contribution is 0.422. The Morgan fingerprint density at radius 2 is 1.93 bits per heavy atom. The van der Waals surface area contributed by atoms with Crippen LogP contribution in [0.1, 0.15) is 29.7 Å². The second-order valence-corrected chi connectivity index (χ2v) is 7.99. The monoisotopic (exact) mass is 392 g/mol. The van der Waals surface area contributed by atoms with Crippen molar-refractivity contribution in [1.29, 1.82) is 0 Å². The summed E-state index contributed by atoms with van der Waals surface area (Å²) in [7, 11) is -2.26. The first-order chi connectivity index (χ1) is 12.7. The average Bonchev–Trinajstić information content (AvgIpc) is 3.16. The molecule has 0 amide bonds. The van der Waals surface area contributed by atoms with Crippen LogP contribution in [0.2, 0.25) is 0 Å². The molecule has 144 valence electrons. The second-order valence-electron chi connectivity index (χ2n) is 6.37. The standard InChI is InChI=1S/C18H21FN4O3S/c1-6-15-20-18(26-21-15)16-11(3)23(5)12(4)17(16)27(24,25)22-14-9-13(19)8-7-10(14)2/h7-9,22H,6H2,1-5H3. The van der Waals surface area contributed by atoms with E-state index >= 15 is 0 Å². The van der Waals surface area contributed by atoms with Gasteiger partial charge >= 0.3 is 0 Å². The number of aryl methyl sites for hydroxylation is 2. The van der Waals surface area contributed by atoms with Crippen molar-refractivity contribution in [2.45, 2.75) is 39.0 Å². The largest absolute Gasteiger partial charge is 0.350 e. The molecule has 0 saturated carbocycles. The predicted octanol–water partition coefficient (Wildman–Crippen LogP) is 3.50. The molecule has 27 heavy (non-hydrogen) atoms. The Balaban J connectivity index is 2.18. The van der Waals surface area contributed by atoms with E-state index < -0.39 is 15.8 Å². The Bertz CT molecular complexity index is 1120. The number of halogens is 1. The summed E-state index contributed by atoms with van der Waals surface area (Å²) in [5.41, 5.74) is 2.33. The molecule has 0 spiro atoms. The number of anilines is 1. The summed E-state index contributed by atoms with van der Waals surface area (Å²) in [6, 6.07) is 3.95. The number of sulfonamides is 1. The van der Waals surface area contributed by atoms with Crippen LogP contribution < -0.4 is 4.72 Å². The van der Waals surface area contributed by atoms with Crippen molar-refractivity contribution in [2.75, 3.05) is 4.72 Å². The molecule has 0 aliphatic heterocycles. The topological polar surface area (TPSA) is 90.0 Å². The third kappa shape index (κ3) is 3.34. The summed E-state index contributed by atoms with van der Waals surface area (Å²) >= 11 is 0. The van der Waals surface area contributed by atoms with Gasteiger partial charge in [-0.1, -0.05) is 18.1 Å². The molecule has 0 aliphatic rings. The molecule has 3 aromatic rings. The molecule has 0 unspecified atom stereocenters. The molecule has 0 radical (unpaired) electrons. The van der Waals surface area contributed by atoms with Gasteiger partial charge in [-0.2, -0.15) is 4.98 Å². The summed E-state index contributed by atoms with van der Waals surface area (Å²) in [5, 5.41) is 3.86. The average molecular weight is 392 g/mol. The van der Waals surface area contributed by atoms with Crippen molar-refractivity contribution in [1.82, 2.24) is 14.7 Å². The fourth-order valence-corrected chi connectivity index (χ4v) is 4.54. The Labute approximate surface area is 157 Å². The molecule has 9 heteroatoms. The molecule has 0 saturated heterocycles. The zero-order valence-corrected chi connectivity index (χ0v) is 16.6. The van der Waals surface area contributed by atoms with E-state index in [1.165, 1.54) is 12.1 Å². The van der Waals surface area contributed by atoms with Gasteiger partial charge in [-0.15, -0.1) is 0 Å². The summed E-state index contributed by atoms with van der Waals surface area (Å²) < 4.78 is 49.5. The fourth-order valence-electron chi connectivity index (χ4n) is 2.90. The van der Waals surface area contributed by atoms with Gasteiger partial charge in [0.1, 0.15) is 10.7 Å². The van der Waals surface area contributed by atoms with Crippen LogP contribution in [0.25, 0.3) is 11.5 Å². The van der Waals surface area contributed by atoms with E-state index in [0.29, 0.717) is 34.8 Å². The minimum absolute atomic E-state index is 0.0393. The maximum Gasteiger partial charge on any atom is 0.264 e. The lowest BCUT2D eigenvalue weighted by Crippen LogP contribution is -2.15. The van der Waals surface area contributed by atoms with Crippen LogP contribution in [0, 0.1) is 26.6 Å². The van der Waals surface area contributed by atoms with Gasteiger partial charge in [0.2, 0.25) is 0 Å². The van der Waals surface area contributed by atoms with Crippen LogP contribution in [-0.2, 0) is 23.5 Å². The van der Waals surface area contributed by atoms with Crippen LogP contribution in [0.3, 0.4) is 0 Å². The highest BCUT2D eigenvalue weighted by molar-refractivity contribution is 7.93. The van der Waals surface area contributed by atoms with Gasteiger partial charge in [-0.05, 0) is 38.5 Å². The van der Waals surface area contributed by atoms with Crippen LogP contribution >= 0.6 is 0 Å². The van der Waals surface area contributed by atoms with Crippen molar-refractivity contribution in [3.8, 4) is 11.5 Å². The van der Waals surface area contributed by atoms with Crippen molar-refractivity contribution < 1.29 is 17.3 Å². The summed E-state index contributed by atoms with van der Waals surface area (Å²) in [6.45, 7) is 7.06. The first kappa shape index (κ1) is 19.1. The van der Waals surface area contributed by atoms with Crippen molar-refractivity contribution in [3.63, 3.8) is 0 Å². The molecule has 3 rings (SSSR count). The van der Waals surface area contributed by atoms with Crippen LogP contribution in [0.4, 0.5) is 10.1 Å². The first-order valence-corrected chi connectivity index (χ1v) is 9.91. The minimum Gasteiger partial charge on any atom is -0.350 e. The van der Waals surface area contributed by atoms with Crippen molar-refractivity contribution in [3.05, 3.63) is 46.8 Å². The fraction of sp³-hybridized carbons (Fsp3) is 0.333. The number of nitrogens with one attached hydrogen (secondary N) is 1. The molecular formula is C18H21FN4O3S. The number of rotatable bonds is 5. The van der Waals surface area contributed by atoms with Gasteiger partial charge in [0, 0.05) is 24.9 Å². The third-order valence-electron chi connectivity index (χ3n) is 4.63. The maximum atomic E-state index is 13.6. The summed E-state index contributed by atoms with van der Waals surface area (Å²) in [4.78, 5) is 4.32. The van der Waals surface area contributed by atoms with Gasteiger partial charge < -0.3 is 9.09 Å². The Morgan fingerprint density at radius 3 is 2.56 bits per heavy atom. The number of hydrogen-bond donors (Lipinski definition) is 1. The maximum absolute atomic E-state index is 13.6. The van der Waals surface area contributed by atoms with Crippen molar-refractivity contribution in [2.24, 2.45) is 7.05 Å². The second kappa shape index (κ2) is 6.80. The van der Waals surface area contributed by atoms with Crippen LogP contribution in [-0.4, -0.2) is 23.1 Å². The van der Waals surface area contributed by atoms with Gasteiger partial charge in [-0.3, -0.25) is 4.72 Å². The Hall–Kier alpha value is -2.68. The zero-order chi connectivity index (χ0) is 19.9. The predicted molar refractivity (Wildman–Crippen MR) is 99.5 cm³/mol. The van der Waals surface area contributed by atoms with E-state index in [1.54, 1.807) is 32.4 Å². The molecular weight excluding hydrogens is 371 g/mol. The van der Waals surface area contributed by atoms with Gasteiger partial charge in [0.15, 0.2) is 5.82 Å². The molecule has 7 nitrogen and oxygen atoms in total. The Morgan fingerprint density at radius 1 is 1.22 bits per heavy atom. The minimum atomic E-state index is -4.03. The van der Waals surface area contributed by atoms with Crippen LogP contribution in [0.15, 0.2) is 27.6 Å². The van der Waals surface area contributed by atoms with Gasteiger partial charge in [0.25, 0.3) is 15.9 Å². The molecule has 2 heterocycles. The highest BCUT2D eigenvalue weighted by Crippen LogP contribution is 2.35. The van der Waals surface area contributed by atoms with Gasteiger partial charge in [-0.25, -0.2) is 12.8 Å². The summed E-state index contributed by atoms with van der Waals surface area (Å²) in [5.74, 6) is 0.108. The number of hydrogen-bond acceptors (Lipinski definition) is 5. The number of nitrogens with zero attached hydrogens (tertiary/aromatic N) is 3. The molecule has 0 aliphatic carbocycles. The molecule has 0 atom stereocenters. The smallest absolute Gasteiger partial charge is 0.264 e.